The first kappa shape index (κ1) is 98.5. The largest absolute Gasteiger partial charge is 2.00 e. The summed E-state index contributed by atoms with van der Waals surface area (Å²) in [5.41, 5.74) is 20.9. The quantitative estimate of drug-likeness (QED) is 0.0823. The molecule has 10 aromatic heterocycles. The average Bonchev–Trinajstić information content (AvgIpc) is 1.25. The van der Waals surface area contributed by atoms with Crippen LogP contribution in [0.4, 0.5) is 26.3 Å². The van der Waals surface area contributed by atoms with E-state index in [0.29, 0.717) is 28.5 Å². The molecule has 22 heteroatoms. The van der Waals surface area contributed by atoms with Crippen molar-refractivity contribution in [2.75, 3.05) is 0 Å². The number of para-hydroxylation sites is 4. The number of rotatable bonds is 8. The zero-order chi connectivity index (χ0) is 88.8. The minimum atomic E-state index is -4.41. The summed E-state index contributed by atoms with van der Waals surface area (Å²) in [7, 11) is 8.53. The van der Waals surface area contributed by atoms with Crippen molar-refractivity contribution in [3.8, 4) is 90.6 Å². The standard InChI is InChI=1S/C22H20F3N2.2C20H19N2.C18H12F3N2.2C12H8N.2ClH.4Ni/c1-14-5-7-15(8-6-14)19-11-17(21(2,3)4)12-20(27-19)18-10-9-16(13-26-18)22(23,24)25;2*1-20(2,3)16-13-18(15-9-5-4-6-10-15)22-19(14-16)17-11-7-8-12-21-17;1-12-5-7-13(8-6-12)15-3-2-4-17(23-15)16-10-9-14(11-22-16)18(19,20)21;2*1-3-7-11-9(5-1)10-6-2-4-8-12(10)13-11;;;;;;/h5-7,9-13H,1-4H3;2*4-9,11-14H,1-3H3;2-7,9-11H,1H3;2*1-8H;2*1H;;;;/q6*-1;;;2*+1;2*+2/p-2. The summed E-state index contributed by atoms with van der Waals surface area (Å²) in [4.78, 5) is 44.4. The molecule has 126 heavy (non-hydrogen) atoms. The number of aromatic nitrogens is 10. The molecule has 0 aliphatic rings. The maximum Gasteiger partial charge on any atom is 2.00 e. The maximum atomic E-state index is 12.8. The fourth-order valence-electron chi connectivity index (χ4n) is 12.8. The number of hydrogen-bond donors (Lipinski definition) is 0. The number of benzene rings is 8. The molecule has 0 radical (unpaired) electrons. The van der Waals surface area contributed by atoms with E-state index in [1.807, 2.05) is 178 Å². The second-order valence-electron chi connectivity index (χ2n) is 31.7. The molecule has 0 spiro atoms. The van der Waals surface area contributed by atoms with Crippen LogP contribution in [0.3, 0.4) is 0 Å². The van der Waals surface area contributed by atoms with Crippen LogP contribution in [-0.4, -0.2) is 39.9 Å². The van der Waals surface area contributed by atoms with Crippen LogP contribution in [0, 0.1) is 38.1 Å². The third kappa shape index (κ3) is 26.9. The maximum absolute atomic E-state index is 12.8. The fraction of sp³-hybridized carbons (Fsp3) is 0.154. The van der Waals surface area contributed by atoms with Crippen molar-refractivity contribution in [2.45, 2.75) is 105 Å². The molecule has 0 bridgehead atoms. The summed E-state index contributed by atoms with van der Waals surface area (Å²) in [6, 6.07) is 108. The summed E-state index contributed by atoms with van der Waals surface area (Å²) in [6.45, 7) is 23.5. The number of halogens is 8. The van der Waals surface area contributed by atoms with Gasteiger partial charge in [0.1, 0.15) is 0 Å². The van der Waals surface area contributed by atoms with Crippen molar-refractivity contribution < 1.29 is 88.5 Å². The monoisotopic (exact) mass is 1890 g/mol. The first-order chi connectivity index (χ1) is 59.4. The van der Waals surface area contributed by atoms with Gasteiger partial charge in [0, 0.05) is 24.8 Å². The molecule has 10 heterocycles. The van der Waals surface area contributed by atoms with Crippen LogP contribution in [0.2, 0.25) is 0 Å². The molecule has 0 saturated heterocycles. The minimum Gasteiger partial charge on any atom is -0.657 e. The summed E-state index contributed by atoms with van der Waals surface area (Å²) in [5.74, 6) is 0. The van der Waals surface area contributed by atoms with Crippen molar-refractivity contribution in [2.24, 2.45) is 0 Å². The Morgan fingerprint density at radius 2 is 0.556 bits per heavy atom. The van der Waals surface area contributed by atoms with Gasteiger partial charge < -0.3 is 9.97 Å². The predicted molar refractivity (Wildman–Crippen MR) is 484 cm³/mol. The van der Waals surface area contributed by atoms with Gasteiger partial charge in [0.05, 0.1) is 56.7 Å². The van der Waals surface area contributed by atoms with Crippen LogP contribution >= 0.6 is 20.4 Å². The minimum absolute atomic E-state index is 0. The number of aryl methyl sites for hydroxylation is 2. The van der Waals surface area contributed by atoms with E-state index >= 15 is 0 Å². The van der Waals surface area contributed by atoms with Crippen molar-refractivity contribution in [1.29, 1.82) is 0 Å². The molecule has 0 aliphatic carbocycles. The molecule has 0 unspecified atom stereocenters. The van der Waals surface area contributed by atoms with E-state index in [9.17, 15) is 26.3 Å². The van der Waals surface area contributed by atoms with Crippen LogP contribution in [-0.2, 0) is 90.7 Å². The van der Waals surface area contributed by atoms with Crippen molar-refractivity contribution in [1.82, 2.24) is 49.8 Å². The molecule has 18 rings (SSSR count). The topological polar surface area (TPSA) is 131 Å². The molecular formula is C104H86Cl2F6N10Ni4-2. The molecule has 10 nitrogen and oxygen atoms in total. The van der Waals surface area contributed by atoms with Gasteiger partial charge >= 0.3 is 94.9 Å². The van der Waals surface area contributed by atoms with Gasteiger partial charge in [0.25, 0.3) is 0 Å². The second-order valence-corrected chi connectivity index (χ2v) is 31.7. The number of nitrogens with zero attached hydrogens (tertiary/aromatic N) is 10. The molecule has 18 aromatic rings. The van der Waals surface area contributed by atoms with Gasteiger partial charge in [-0.3, -0.25) is 39.9 Å². The molecule has 0 amide bonds. The van der Waals surface area contributed by atoms with Gasteiger partial charge in [-0.15, -0.1) is 165 Å². The Kier molecular flexibility index (Phi) is 35.3. The summed E-state index contributed by atoms with van der Waals surface area (Å²) in [5, 5.41) is 4.99. The summed E-state index contributed by atoms with van der Waals surface area (Å²) < 4.78 is 76.1. The van der Waals surface area contributed by atoms with E-state index in [4.69, 9.17) is 9.97 Å². The van der Waals surface area contributed by atoms with E-state index in [-0.39, 0.29) is 49.2 Å². The third-order valence-electron chi connectivity index (χ3n) is 19.5. The molecule has 650 valence electrons. The van der Waals surface area contributed by atoms with Crippen LogP contribution in [0.5, 0.6) is 0 Å². The van der Waals surface area contributed by atoms with Crippen LogP contribution in [0.15, 0.2) is 322 Å². The van der Waals surface area contributed by atoms with Crippen molar-refractivity contribution in [3.05, 3.63) is 385 Å². The van der Waals surface area contributed by atoms with Crippen LogP contribution in [0.25, 0.3) is 134 Å². The molecule has 0 fully saturated rings. The second kappa shape index (κ2) is 45.2. The number of alkyl halides is 6. The van der Waals surface area contributed by atoms with Crippen molar-refractivity contribution in [3.63, 3.8) is 0 Å². The van der Waals surface area contributed by atoms with Gasteiger partial charge in [-0.2, -0.15) is 26.3 Å². The Bertz CT molecular complexity index is 5990. The van der Waals surface area contributed by atoms with Gasteiger partial charge in [-0.05, 0) is 150 Å². The van der Waals surface area contributed by atoms with Crippen molar-refractivity contribution >= 4 is 64.0 Å². The van der Waals surface area contributed by atoms with Gasteiger partial charge in [-0.25, -0.2) is 0 Å². The van der Waals surface area contributed by atoms with E-state index in [2.05, 4.69) is 273 Å². The molecule has 0 N–H and O–H groups in total. The Hall–Kier alpha value is -11.3. The van der Waals surface area contributed by atoms with E-state index in [0.717, 1.165) is 125 Å². The Morgan fingerprint density at radius 1 is 0.270 bits per heavy atom. The Balaban J connectivity index is 0.000000171. The molecule has 0 aliphatic heterocycles. The smallest absolute Gasteiger partial charge is 0.657 e. The fourth-order valence-corrected chi connectivity index (χ4v) is 12.8. The first-order valence-electron chi connectivity index (χ1n) is 39.4. The zero-order valence-electron chi connectivity index (χ0n) is 70.4. The Morgan fingerprint density at radius 3 is 0.849 bits per heavy atom. The molecule has 8 aromatic carbocycles. The summed E-state index contributed by atoms with van der Waals surface area (Å²) in [6.07, 6.45) is -3.53. The van der Waals surface area contributed by atoms with E-state index < -0.39 is 23.5 Å². The number of pyridine rings is 8. The first-order valence-corrected chi connectivity index (χ1v) is 42.1. The van der Waals surface area contributed by atoms with Gasteiger partial charge in [-0.1, -0.05) is 216 Å². The summed E-state index contributed by atoms with van der Waals surface area (Å²) >= 11 is 6.69. The third-order valence-corrected chi connectivity index (χ3v) is 19.5. The SMILES string of the molecule is CC(C)(C)c1cc(-c2[c-]cccc2)nc(-c2ccccn2)c1.CC(C)(C)c1cc(-c2[c-]cccc2)nc(-c2ccccn2)c1.Cc1c[c-]c(-c2cc(C(C)(C)C)cc(-c3ccc(C(F)(F)F)cn3)n2)cc1.Cc1c[c-]c(-c2cccc(-c3ccc(C(F)(F)F)cn3)n2)cc1.[Cl][Ni].[Cl][Ni].[Ni+2].[Ni+2].c1ccc2c(c1)[n-]c1ccccc12.c1ccc2c(c1)[n-]c1ccccc12. The van der Waals surface area contributed by atoms with Crippen LogP contribution < -0.4 is 9.97 Å². The predicted octanol–water partition coefficient (Wildman–Crippen LogP) is 28.3. The molecule has 0 saturated carbocycles. The molecule has 0 atom stereocenters. The normalized spacial score (nSPS) is 11.1. The van der Waals surface area contributed by atoms with E-state index in [1.165, 1.54) is 44.8 Å². The molecular weight excluding hydrogens is 1810 g/mol. The van der Waals surface area contributed by atoms with Gasteiger partial charge in [0.2, 0.25) is 0 Å². The van der Waals surface area contributed by atoms with E-state index in [1.54, 1.807) is 24.5 Å². The zero-order valence-corrected chi connectivity index (χ0v) is 75.8. The van der Waals surface area contributed by atoms with Gasteiger partial charge in [0.15, 0.2) is 0 Å². The number of fused-ring (bicyclic) bond motifs is 6. The number of hydrogen-bond acceptors (Lipinski definition) is 8. The average molecular weight is 1900 g/mol. The Labute approximate surface area is 776 Å². The van der Waals surface area contributed by atoms with Crippen LogP contribution in [0.1, 0.15) is 101 Å².